The maximum atomic E-state index is 12.3. The van der Waals surface area contributed by atoms with Gasteiger partial charge in [0.2, 0.25) is 5.91 Å². The van der Waals surface area contributed by atoms with E-state index in [1.807, 2.05) is 20.8 Å². The molecule has 0 spiro atoms. The summed E-state index contributed by atoms with van der Waals surface area (Å²) < 4.78 is 0. The first-order chi connectivity index (χ1) is 7.93. The SMILES string of the molecule is CC(C)C(C)C(=O)N1CCCCC1CC(=O)O. The lowest BCUT2D eigenvalue weighted by molar-refractivity contribution is -0.144. The number of hydrogen-bond acceptors (Lipinski definition) is 2. The summed E-state index contributed by atoms with van der Waals surface area (Å²) in [4.78, 5) is 24.9. The lowest BCUT2D eigenvalue weighted by atomic mass is 9.92. The highest BCUT2D eigenvalue weighted by Gasteiger charge is 2.31. The molecule has 98 valence electrons. The topological polar surface area (TPSA) is 57.6 Å². The highest BCUT2D eigenvalue weighted by atomic mass is 16.4. The molecule has 0 aromatic heterocycles. The van der Waals surface area contributed by atoms with Gasteiger partial charge in [0.15, 0.2) is 0 Å². The van der Waals surface area contributed by atoms with Crippen LogP contribution in [0.15, 0.2) is 0 Å². The monoisotopic (exact) mass is 241 g/mol. The lowest BCUT2D eigenvalue weighted by Crippen LogP contribution is -2.47. The van der Waals surface area contributed by atoms with Gasteiger partial charge in [0.1, 0.15) is 0 Å². The van der Waals surface area contributed by atoms with Gasteiger partial charge in [0, 0.05) is 18.5 Å². The van der Waals surface area contributed by atoms with Crippen LogP contribution < -0.4 is 0 Å². The highest BCUT2D eigenvalue weighted by molar-refractivity contribution is 5.80. The summed E-state index contributed by atoms with van der Waals surface area (Å²) in [5.41, 5.74) is 0. The summed E-state index contributed by atoms with van der Waals surface area (Å²) in [5.74, 6) is -0.419. The molecule has 1 rings (SSSR count). The van der Waals surface area contributed by atoms with Gasteiger partial charge in [-0.15, -0.1) is 0 Å². The van der Waals surface area contributed by atoms with E-state index in [0.29, 0.717) is 12.5 Å². The molecule has 1 aliphatic heterocycles. The molecule has 1 N–H and O–H groups in total. The van der Waals surface area contributed by atoms with E-state index in [-0.39, 0.29) is 24.3 Å². The van der Waals surface area contributed by atoms with Crippen molar-refractivity contribution in [3.8, 4) is 0 Å². The molecular formula is C13H23NO3. The largest absolute Gasteiger partial charge is 0.481 e. The fraction of sp³-hybridized carbons (Fsp3) is 0.846. The normalized spacial score (nSPS) is 22.6. The minimum absolute atomic E-state index is 0.0237. The minimum atomic E-state index is -0.813. The third-order valence-electron chi connectivity index (χ3n) is 3.71. The van der Waals surface area contributed by atoms with E-state index in [4.69, 9.17) is 5.11 Å². The van der Waals surface area contributed by atoms with E-state index in [0.717, 1.165) is 19.3 Å². The molecule has 1 heterocycles. The van der Waals surface area contributed by atoms with Crippen LogP contribution in [0.5, 0.6) is 0 Å². The summed E-state index contributed by atoms with van der Waals surface area (Å²) in [7, 11) is 0. The molecule has 0 saturated carbocycles. The van der Waals surface area contributed by atoms with E-state index in [1.54, 1.807) is 4.90 Å². The first kappa shape index (κ1) is 14.0. The van der Waals surface area contributed by atoms with Crippen molar-refractivity contribution in [3.63, 3.8) is 0 Å². The van der Waals surface area contributed by atoms with E-state index in [2.05, 4.69) is 0 Å². The van der Waals surface area contributed by atoms with Crippen LogP contribution in [0.3, 0.4) is 0 Å². The average molecular weight is 241 g/mol. The summed E-state index contributed by atoms with van der Waals surface area (Å²) in [6.45, 7) is 6.70. The predicted molar refractivity (Wildman–Crippen MR) is 65.6 cm³/mol. The molecule has 1 fully saturated rings. The minimum Gasteiger partial charge on any atom is -0.481 e. The molecule has 4 nitrogen and oxygen atoms in total. The zero-order valence-corrected chi connectivity index (χ0v) is 11.0. The van der Waals surface area contributed by atoms with Gasteiger partial charge >= 0.3 is 5.97 Å². The van der Waals surface area contributed by atoms with Gasteiger partial charge in [-0.3, -0.25) is 9.59 Å². The number of amides is 1. The van der Waals surface area contributed by atoms with Crippen molar-refractivity contribution >= 4 is 11.9 Å². The summed E-state index contributed by atoms with van der Waals surface area (Å²) >= 11 is 0. The van der Waals surface area contributed by atoms with Crippen molar-refractivity contribution < 1.29 is 14.7 Å². The van der Waals surface area contributed by atoms with Crippen molar-refractivity contribution in [1.29, 1.82) is 0 Å². The number of rotatable bonds is 4. The number of nitrogens with zero attached hydrogens (tertiary/aromatic N) is 1. The molecule has 1 aliphatic rings. The Hall–Kier alpha value is -1.06. The lowest BCUT2D eigenvalue weighted by Gasteiger charge is -2.37. The molecule has 4 heteroatoms. The molecule has 2 atom stereocenters. The second kappa shape index (κ2) is 6.03. The summed E-state index contributed by atoms with van der Waals surface area (Å²) in [6.07, 6.45) is 2.92. The molecule has 0 aliphatic carbocycles. The van der Waals surface area contributed by atoms with Crippen molar-refractivity contribution in [2.24, 2.45) is 11.8 Å². The van der Waals surface area contributed by atoms with Crippen molar-refractivity contribution in [3.05, 3.63) is 0 Å². The fourth-order valence-electron chi connectivity index (χ4n) is 2.25. The molecule has 1 saturated heterocycles. The third-order valence-corrected chi connectivity index (χ3v) is 3.71. The molecule has 2 unspecified atom stereocenters. The number of carbonyl (C=O) groups excluding carboxylic acids is 1. The second-order valence-electron chi connectivity index (χ2n) is 5.31. The molecule has 0 bridgehead atoms. The van der Waals surface area contributed by atoms with E-state index in [9.17, 15) is 9.59 Å². The first-order valence-electron chi connectivity index (χ1n) is 6.45. The fourth-order valence-corrected chi connectivity index (χ4v) is 2.25. The zero-order chi connectivity index (χ0) is 13.0. The standard InChI is InChI=1S/C13H23NO3/c1-9(2)10(3)13(17)14-7-5-4-6-11(14)8-12(15)16/h9-11H,4-8H2,1-3H3,(H,15,16). The predicted octanol–water partition coefficient (Wildman–Crippen LogP) is 2.13. The average Bonchev–Trinajstić information content (AvgIpc) is 2.27. The van der Waals surface area contributed by atoms with Gasteiger partial charge in [-0.25, -0.2) is 0 Å². The number of likely N-dealkylation sites (tertiary alicyclic amines) is 1. The van der Waals surface area contributed by atoms with Gasteiger partial charge in [-0.2, -0.15) is 0 Å². The van der Waals surface area contributed by atoms with Gasteiger partial charge in [-0.1, -0.05) is 20.8 Å². The van der Waals surface area contributed by atoms with Crippen molar-refractivity contribution in [1.82, 2.24) is 4.90 Å². The van der Waals surface area contributed by atoms with Crippen LogP contribution in [-0.4, -0.2) is 34.5 Å². The zero-order valence-electron chi connectivity index (χ0n) is 11.0. The molecule has 17 heavy (non-hydrogen) atoms. The third kappa shape index (κ3) is 3.72. The van der Waals surface area contributed by atoms with E-state index in [1.165, 1.54) is 0 Å². The highest BCUT2D eigenvalue weighted by Crippen LogP contribution is 2.24. The Kier molecular flexibility index (Phi) is 4.97. The Morgan fingerprint density at radius 2 is 1.94 bits per heavy atom. The van der Waals surface area contributed by atoms with Crippen molar-refractivity contribution in [2.75, 3.05) is 6.54 Å². The Balaban J connectivity index is 2.70. The van der Waals surface area contributed by atoms with E-state index < -0.39 is 5.97 Å². The van der Waals surface area contributed by atoms with Gasteiger partial charge in [0.25, 0.3) is 0 Å². The Bertz CT molecular complexity index is 288. The molecule has 0 aromatic rings. The van der Waals surface area contributed by atoms with E-state index >= 15 is 0 Å². The number of carbonyl (C=O) groups is 2. The smallest absolute Gasteiger partial charge is 0.305 e. The molecule has 1 amide bonds. The number of hydrogen-bond donors (Lipinski definition) is 1. The second-order valence-corrected chi connectivity index (χ2v) is 5.31. The number of piperidine rings is 1. The van der Waals surface area contributed by atoms with Gasteiger partial charge in [-0.05, 0) is 25.2 Å². The first-order valence-corrected chi connectivity index (χ1v) is 6.45. The van der Waals surface area contributed by atoms with Gasteiger partial charge < -0.3 is 10.0 Å². The van der Waals surface area contributed by atoms with Gasteiger partial charge in [0.05, 0.1) is 6.42 Å². The molecule has 0 aromatic carbocycles. The van der Waals surface area contributed by atoms with Crippen molar-refractivity contribution in [2.45, 2.75) is 52.5 Å². The van der Waals surface area contributed by atoms with Crippen LogP contribution in [0.1, 0.15) is 46.5 Å². The molecule has 0 radical (unpaired) electrons. The van der Waals surface area contributed by atoms with Crippen LogP contribution >= 0.6 is 0 Å². The van der Waals surface area contributed by atoms with Crippen LogP contribution in [0.2, 0.25) is 0 Å². The Labute approximate surface area is 103 Å². The number of carboxylic acids is 1. The van der Waals surface area contributed by atoms with Crippen LogP contribution in [0.25, 0.3) is 0 Å². The quantitative estimate of drug-likeness (QED) is 0.820. The summed E-state index contributed by atoms with van der Waals surface area (Å²) in [6, 6.07) is -0.102. The van der Waals surface area contributed by atoms with Crippen LogP contribution in [-0.2, 0) is 9.59 Å². The Morgan fingerprint density at radius 1 is 1.29 bits per heavy atom. The molecular weight excluding hydrogens is 218 g/mol. The maximum Gasteiger partial charge on any atom is 0.305 e. The maximum absolute atomic E-state index is 12.3. The van der Waals surface area contributed by atoms with Crippen LogP contribution in [0, 0.1) is 11.8 Å². The number of carboxylic acid groups (broad SMARTS) is 1. The Morgan fingerprint density at radius 3 is 2.47 bits per heavy atom. The van der Waals surface area contributed by atoms with Crippen LogP contribution in [0.4, 0.5) is 0 Å². The number of aliphatic carboxylic acids is 1. The summed E-state index contributed by atoms with van der Waals surface area (Å²) in [5, 5.41) is 8.88.